The van der Waals surface area contributed by atoms with Gasteiger partial charge in [0.25, 0.3) is 5.91 Å². The lowest BCUT2D eigenvalue weighted by molar-refractivity contribution is -0.111. The molecule has 0 aliphatic carbocycles. The smallest absolute Gasteiger partial charge is 0.251 e. The summed E-state index contributed by atoms with van der Waals surface area (Å²) in [5.41, 5.74) is 1.98. The van der Waals surface area contributed by atoms with E-state index in [0.717, 1.165) is 5.56 Å². The van der Waals surface area contributed by atoms with E-state index in [0.29, 0.717) is 17.1 Å². The second-order valence-electron chi connectivity index (χ2n) is 5.40. The van der Waals surface area contributed by atoms with E-state index in [4.69, 9.17) is 0 Å². The zero-order chi connectivity index (χ0) is 18.4. The molecule has 130 valence electrons. The van der Waals surface area contributed by atoms with Crippen LogP contribution in [-0.2, 0) is 4.79 Å². The Bertz CT molecular complexity index is 914. The van der Waals surface area contributed by atoms with Gasteiger partial charge in [0.2, 0.25) is 5.91 Å². The third-order valence-electron chi connectivity index (χ3n) is 3.61. The first kappa shape index (κ1) is 17.1. The topological polar surface area (TPSA) is 88.9 Å². The number of hydrogen-bond donors (Lipinski definition) is 2. The van der Waals surface area contributed by atoms with Crippen LogP contribution < -0.4 is 10.6 Å². The summed E-state index contributed by atoms with van der Waals surface area (Å²) in [5, 5.41) is 5.31. The van der Waals surface area contributed by atoms with Crippen LogP contribution in [0.1, 0.15) is 15.9 Å². The molecule has 0 aliphatic rings. The number of pyridine rings is 1. The molecule has 0 saturated carbocycles. The second kappa shape index (κ2) is 7.89. The maximum Gasteiger partial charge on any atom is 0.251 e. The summed E-state index contributed by atoms with van der Waals surface area (Å²) >= 11 is 0. The van der Waals surface area contributed by atoms with Gasteiger partial charge in [0, 0.05) is 31.1 Å². The van der Waals surface area contributed by atoms with Crippen LogP contribution in [0.25, 0.3) is 11.9 Å². The minimum Gasteiger partial charge on any atom is -0.355 e. The number of imidazole rings is 1. The van der Waals surface area contributed by atoms with Crippen LogP contribution >= 0.6 is 0 Å². The first-order valence-corrected chi connectivity index (χ1v) is 7.91. The summed E-state index contributed by atoms with van der Waals surface area (Å²) < 4.78 is 1.77. The highest BCUT2D eigenvalue weighted by Crippen LogP contribution is 2.10. The Balaban J connectivity index is 1.59. The van der Waals surface area contributed by atoms with Crippen LogP contribution in [0, 0.1) is 0 Å². The molecule has 0 spiro atoms. The summed E-state index contributed by atoms with van der Waals surface area (Å²) in [5.74, 6) is 0.301. The van der Waals surface area contributed by atoms with E-state index in [1.807, 2.05) is 0 Å². The molecule has 0 unspecified atom stereocenters. The molecule has 0 bridgehead atoms. The largest absolute Gasteiger partial charge is 0.355 e. The number of anilines is 1. The molecule has 3 rings (SSSR count). The van der Waals surface area contributed by atoms with Crippen molar-refractivity contribution >= 4 is 23.6 Å². The van der Waals surface area contributed by atoms with Gasteiger partial charge in [0.15, 0.2) is 0 Å². The Labute approximate surface area is 150 Å². The van der Waals surface area contributed by atoms with Crippen molar-refractivity contribution in [1.29, 1.82) is 0 Å². The average molecular weight is 347 g/mol. The minimum absolute atomic E-state index is 0.148. The van der Waals surface area contributed by atoms with Crippen LogP contribution in [0.15, 0.2) is 67.4 Å². The number of aromatic nitrogens is 3. The number of amides is 2. The average Bonchev–Trinajstić information content (AvgIpc) is 3.21. The Hall–Kier alpha value is -3.74. The fourth-order valence-corrected chi connectivity index (χ4v) is 2.25. The van der Waals surface area contributed by atoms with Gasteiger partial charge in [-0.25, -0.2) is 9.97 Å². The number of nitrogens with one attached hydrogen (secondary N) is 2. The maximum atomic E-state index is 12.0. The van der Waals surface area contributed by atoms with Crippen LogP contribution in [0.2, 0.25) is 0 Å². The van der Waals surface area contributed by atoms with E-state index in [9.17, 15) is 9.59 Å². The number of rotatable bonds is 5. The van der Waals surface area contributed by atoms with E-state index in [1.165, 1.54) is 6.08 Å². The van der Waals surface area contributed by atoms with Crippen LogP contribution in [0.4, 0.5) is 5.69 Å². The quantitative estimate of drug-likeness (QED) is 0.693. The number of carbonyl (C=O) groups excluding carboxylic acids is 2. The molecular formula is C19H17N5O2. The SMILES string of the molecule is CNC(=O)c1ccc(/C=C\C(=O)Nc2ccc(-n3ccnc3)nc2)cc1. The lowest BCUT2D eigenvalue weighted by Crippen LogP contribution is -2.17. The summed E-state index contributed by atoms with van der Waals surface area (Å²) in [6, 6.07) is 10.5. The fourth-order valence-electron chi connectivity index (χ4n) is 2.25. The van der Waals surface area contributed by atoms with Gasteiger partial charge in [-0.05, 0) is 35.9 Å². The van der Waals surface area contributed by atoms with E-state index >= 15 is 0 Å². The van der Waals surface area contributed by atoms with Gasteiger partial charge >= 0.3 is 0 Å². The highest BCUT2D eigenvalue weighted by Gasteiger charge is 2.03. The van der Waals surface area contributed by atoms with Crippen molar-refractivity contribution in [2.45, 2.75) is 0 Å². The van der Waals surface area contributed by atoms with Crippen molar-refractivity contribution in [3.8, 4) is 5.82 Å². The normalized spacial score (nSPS) is 10.7. The molecule has 0 radical (unpaired) electrons. The number of hydrogen-bond acceptors (Lipinski definition) is 4. The number of benzene rings is 1. The van der Waals surface area contributed by atoms with E-state index in [2.05, 4.69) is 20.6 Å². The lowest BCUT2D eigenvalue weighted by atomic mass is 10.1. The second-order valence-corrected chi connectivity index (χ2v) is 5.40. The molecule has 1 aromatic carbocycles. The highest BCUT2D eigenvalue weighted by atomic mass is 16.2. The molecule has 0 atom stereocenters. The van der Waals surface area contributed by atoms with Crippen molar-refractivity contribution < 1.29 is 9.59 Å². The van der Waals surface area contributed by atoms with Gasteiger partial charge in [0.1, 0.15) is 12.1 Å². The summed E-state index contributed by atoms with van der Waals surface area (Å²) in [6.45, 7) is 0. The molecule has 2 amide bonds. The first-order valence-electron chi connectivity index (χ1n) is 7.91. The summed E-state index contributed by atoms with van der Waals surface area (Å²) in [6.07, 6.45) is 9.80. The standard InChI is InChI=1S/C19H17N5O2/c1-20-19(26)15-5-2-14(3-6-15)4-9-18(25)23-16-7-8-17(22-12-16)24-11-10-21-13-24/h2-13H,1H3,(H,20,26)(H,23,25)/b9-4-. The van der Waals surface area contributed by atoms with Gasteiger partial charge < -0.3 is 10.6 Å². The Kier molecular flexibility index (Phi) is 5.19. The molecule has 7 heteroatoms. The summed E-state index contributed by atoms with van der Waals surface area (Å²) in [4.78, 5) is 31.7. The molecule has 26 heavy (non-hydrogen) atoms. The Morgan fingerprint density at radius 1 is 1.12 bits per heavy atom. The zero-order valence-electron chi connectivity index (χ0n) is 14.1. The first-order chi connectivity index (χ1) is 12.7. The third-order valence-corrected chi connectivity index (χ3v) is 3.61. The van der Waals surface area contributed by atoms with Crippen LogP contribution in [0.3, 0.4) is 0 Å². The Morgan fingerprint density at radius 3 is 2.54 bits per heavy atom. The highest BCUT2D eigenvalue weighted by molar-refractivity contribution is 6.02. The molecule has 0 saturated heterocycles. The van der Waals surface area contributed by atoms with Gasteiger partial charge in [-0.3, -0.25) is 14.2 Å². The summed E-state index contributed by atoms with van der Waals surface area (Å²) in [7, 11) is 1.58. The van der Waals surface area contributed by atoms with Crippen molar-refractivity contribution in [2.24, 2.45) is 0 Å². The van der Waals surface area contributed by atoms with Crippen LogP contribution in [0.5, 0.6) is 0 Å². The van der Waals surface area contributed by atoms with Gasteiger partial charge in [-0.15, -0.1) is 0 Å². The molecular weight excluding hydrogens is 330 g/mol. The van der Waals surface area contributed by atoms with E-state index in [1.54, 1.807) is 79.0 Å². The van der Waals surface area contributed by atoms with E-state index < -0.39 is 0 Å². The zero-order valence-corrected chi connectivity index (χ0v) is 14.1. The number of nitrogens with zero attached hydrogens (tertiary/aromatic N) is 3. The van der Waals surface area contributed by atoms with Crippen molar-refractivity contribution in [3.05, 3.63) is 78.5 Å². The van der Waals surface area contributed by atoms with E-state index in [-0.39, 0.29) is 11.8 Å². The molecule has 3 aromatic rings. The predicted octanol–water partition coefficient (Wildman–Crippen LogP) is 2.28. The monoisotopic (exact) mass is 347 g/mol. The van der Waals surface area contributed by atoms with Crippen molar-refractivity contribution in [1.82, 2.24) is 19.9 Å². The maximum absolute atomic E-state index is 12.0. The van der Waals surface area contributed by atoms with Gasteiger partial charge in [-0.1, -0.05) is 12.1 Å². The van der Waals surface area contributed by atoms with Gasteiger partial charge in [0.05, 0.1) is 11.9 Å². The molecule has 7 nitrogen and oxygen atoms in total. The lowest BCUT2D eigenvalue weighted by Gasteiger charge is -2.04. The Morgan fingerprint density at radius 2 is 1.92 bits per heavy atom. The number of carbonyl (C=O) groups is 2. The molecule has 2 aromatic heterocycles. The molecule has 0 fully saturated rings. The molecule has 2 N–H and O–H groups in total. The van der Waals surface area contributed by atoms with Crippen molar-refractivity contribution in [3.63, 3.8) is 0 Å². The van der Waals surface area contributed by atoms with Gasteiger partial charge in [-0.2, -0.15) is 0 Å². The predicted molar refractivity (Wildman–Crippen MR) is 98.9 cm³/mol. The molecule has 0 aliphatic heterocycles. The third kappa shape index (κ3) is 4.21. The van der Waals surface area contributed by atoms with Crippen LogP contribution in [-0.4, -0.2) is 33.4 Å². The fraction of sp³-hybridized carbons (Fsp3) is 0.0526. The van der Waals surface area contributed by atoms with Crippen molar-refractivity contribution in [2.75, 3.05) is 12.4 Å². The molecule has 2 heterocycles. The minimum atomic E-state index is -0.266.